The van der Waals surface area contributed by atoms with Gasteiger partial charge < -0.3 is 14.5 Å². The van der Waals surface area contributed by atoms with Crippen molar-refractivity contribution in [3.05, 3.63) is 54.0 Å². The highest BCUT2D eigenvalue weighted by Crippen LogP contribution is 2.30. The average molecular weight is 271 g/mol. The van der Waals surface area contributed by atoms with E-state index in [1.807, 2.05) is 18.4 Å². The quantitative estimate of drug-likeness (QED) is 0.876. The molecule has 1 N–H and O–H groups in total. The Morgan fingerprint density at radius 3 is 2.95 bits per heavy atom. The Morgan fingerprint density at radius 2 is 2.20 bits per heavy atom. The van der Waals surface area contributed by atoms with Gasteiger partial charge in [-0.05, 0) is 42.6 Å². The number of benzene rings is 1. The second kappa shape index (κ2) is 6.14. The highest BCUT2D eigenvalue weighted by molar-refractivity contribution is 5.37. The van der Waals surface area contributed by atoms with E-state index in [2.05, 4.69) is 30.4 Å². The lowest BCUT2D eigenvalue weighted by Crippen LogP contribution is -2.44. The zero-order chi connectivity index (χ0) is 13.8. The Balaban J connectivity index is 1.70. The molecule has 0 amide bonds. The molecular formula is C17H21NO2. The van der Waals surface area contributed by atoms with Crippen molar-refractivity contribution in [3.63, 3.8) is 0 Å². The molecule has 20 heavy (non-hydrogen) atoms. The summed E-state index contributed by atoms with van der Waals surface area (Å²) in [5, 5.41) is 3.62. The molecule has 0 spiro atoms. The van der Waals surface area contributed by atoms with E-state index >= 15 is 0 Å². The fourth-order valence-corrected chi connectivity index (χ4v) is 2.76. The van der Waals surface area contributed by atoms with Gasteiger partial charge in [-0.1, -0.05) is 25.1 Å². The molecule has 106 valence electrons. The summed E-state index contributed by atoms with van der Waals surface area (Å²) in [7, 11) is 0. The molecule has 3 heteroatoms. The van der Waals surface area contributed by atoms with Gasteiger partial charge in [0, 0.05) is 12.5 Å². The van der Waals surface area contributed by atoms with Gasteiger partial charge in [0.05, 0.1) is 12.5 Å². The van der Waals surface area contributed by atoms with Crippen molar-refractivity contribution in [1.29, 1.82) is 0 Å². The predicted octanol–water partition coefficient (Wildman–Crippen LogP) is 3.19. The van der Waals surface area contributed by atoms with Crippen LogP contribution in [0.3, 0.4) is 0 Å². The van der Waals surface area contributed by atoms with Gasteiger partial charge in [-0.2, -0.15) is 0 Å². The number of hydrogen-bond acceptors (Lipinski definition) is 3. The van der Waals surface area contributed by atoms with Crippen molar-refractivity contribution < 1.29 is 9.15 Å². The molecule has 0 aliphatic carbocycles. The van der Waals surface area contributed by atoms with Crippen molar-refractivity contribution in [2.24, 2.45) is 0 Å². The fraction of sp³-hybridized carbons (Fsp3) is 0.412. The van der Waals surface area contributed by atoms with Gasteiger partial charge in [-0.15, -0.1) is 0 Å². The molecule has 2 unspecified atom stereocenters. The van der Waals surface area contributed by atoms with Crippen LogP contribution in [0.1, 0.15) is 24.5 Å². The summed E-state index contributed by atoms with van der Waals surface area (Å²) in [6.07, 6.45) is 6.81. The normalized spacial score (nSPS) is 18.6. The highest BCUT2D eigenvalue weighted by atomic mass is 16.5. The number of para-hydroxylation sites is 1. The minimum Gasteiger partial charge on any atom is -0.488 e. The first-order valence-corrected chi connectivity index (χ1v) is 7.36. The number of rotatable bonds is 6. The van der Waals surface area contributed by atoms with E-state index in [9.17, 15) is 0 Å². The van der Waals surface area contributed by atoms with Crippen LogP contribution >= 0.6 is 0 Å². The SMILES string of the molecule is CCCNC(Cc1ccoc1)C1Cc2ccccc2O1. The predicted molar refractivity (Wildman–Crippen MR) is 79.1 cm³/mol. The summed E-state index contributed by atoms with van der Waals surface area (Å²) in [6.45, 7) is 3.20. The second-order valence-electron chi connectivity index (χ2n) is 5.36. The number of fused-ring (bicyclic) bond motifs is 1. The molecule has 0 bridgehead atoms. The third kappa shape index (κ3) is 2.88. The molecule has 1 aliphatic rings. The number of ether oxygens (including phenoxy) is 1. The van der Waals surface area contributed by atoms with Gasteiger partial charge in [0.15, 0.2) is 0 Å². The molecule has 3 rings (SSSR count). The zero-order valence-electron chi connectivity index (χ0n) is 11.8. The fourth-order valence-electron chi connectivity index (χ4n) is 2.76. The standard InChI is InChI=1S/C17H21NO2/c1-2-8-18-15(10-13-7-9-19-12-13)17-11-14-5-3-4-6-16(14)20-17/h3-7,9,12,15,17-18H,2,8,10-11H2,1H3. The number of nitrogens with one attached hydrogen (secondary N) is 1. The molecule has 3 nitrogen and oxygen atoms in total. The smallest absolute Gasteiger partial charge is 0.123 e. The van der Waals surface area contributed by atoms with E-state index in [1.54, 1.807) is 6.26 Å². The van der Waals surface area contributed by atoms with Gasteiger partial charge in [-0.3, -0.25) is 0 Å². The third-order valence-corrected chi connectivity index (χ3v) is 3.81. The third-order valence-electron chi connectivity index (χ3n) is 3.81. The average Bonchev–Trinajstić information content (AvgIpc) is 3.12. The molecule has 1 aromatic heterocycles. The van der Waals surface area contributed by atoms with Gasteiger partial charge in [0.25, 0.3) is 0 Å². The minimum absolute atomic E-state index is 0.203. The molecule has 0 fully saturated rings. The summed E-state index contributed by atoms with van der Waals surface area (Å²) in [4.78, 5) is 0. The first kappa shape index (κ1) is 13.3. The van der Waals surface area contributed by atoms with Crippen LogP contribution in [0.15, 0.2) is 47.3 Å². The topological polar surface area (TPSA) is 34.4 Å². The molecule has 1 aliphatic heterocycles. The first-order chi connectivity index (χ1) is 9.86. The van der Waals surface area contributed by atoms with Gasteiger partial charge in [-0.25, -0.2) is 0 Å². The van der Waals surface area contributed by atoms with E-state index in [0.717, 1.165) is 31.6 Å². The molecule has 0 saturated heterocycles. The van der Waals surface area contributed by atoms with E-state index in [1.165, 1.54) is 11.1 Å². The Hall–Kier alpha value is -1.74. The maximum atomic E-state index is 6.12. The lowest BCUT2D eigenvalue weighted by atomic mass is 9.99. The van der Waals surface area contributed by atoms with Gasteiger partial charge in [0.1, 0.15) is 11.9 Å². The summed E-state index contributed by atoms with van der Waals surface area (Å²) >= 11 is 0. The highest BCUT2D eigenvalue weighted by Gasteiger charge is 2.30. The summed E-state index contributed by atoms with van der Waals surface area (Å²) in [6, 6.07) is 10.7. The van der Waals surface area contributed by atoms with Crippen LogP contribution in [0.5, 0.6) is 5.75 Å². The molecule has 2 heterocycles. The minimum atomic E-state index is 0.203. The molecular weight excluding hydrogens is 250 g/mol. The zero-order valence-corrected chi connectivity index (χ0v) is 11.8. The van der Waals surface area contributed by atoms with Crippen LogP contribution in [0, 0.1) is 0 Å². The van der Waals surface area contributed by atoms with Crippen LogP contribution in [-0.2, 0) is 12.8 Å². The first-order valence-electron chi connectivity index (χ1n) is 7.36. The second-order valence-corrected chi connectivity index (χ2v) is 5.36. The molecule has 0 radical (unpaired) electrons. The van der Waals surface area contributed by atoms with Gasteiger partial charge in [0.2, 0.25) is 0 Å². The number of furan rings is 1. The Morgan fingerprint density at radius 1 is 1.30 bits per heavy atom. The largest absolute Gasteiger partial charge is 0.488 e. The molecule has 2 aromatic rings. The number of hydrogen-bond donors (Lipinski definition) is 1. The van der Waals surface area contributed by atoms with Crippen LogP contribution in [0.25, 0.3) is 0 Å². The lowest BCUT2D eigenvalue weighted by Gasteiger charge is -2.24. The summed E-state index contributed by atoms with van der Waals surface area (Å²) < 4.78 is 11.3. The van der Waals surface area contributed by atoms with Crippen LogP contribution < -0.4 is 10.1 Å². The molecule has 0 saturated carbocycles. The van der Waals surface area contributed by atoms with Crippen molar-refractivity contribution >= 4 is 0 Å². The van der Waals surface area contributed by atoms with E-state index in [-0.39, 0.29) is 6.10 Å². The lowest BCUT2D eigenvalue weighted by molar-refractivity contribution is 0.177. The Bertz CT molecular complexity index is 511. The van der Waals surface area contributed by atoms with Crippen molar-refractivity contribution in [2.45, 2.75) is 38.3 Å². The maximum Gasteiger partial charge on any atom is 0.123 e. The van der Waals surface area contributed by atoms with Crippen LogP contribution in [0.2, 0.25) is 0 Å². The van der Waals surface area contributed by atoms with Crippen LogP contribution in [-0.4, -0.2) is 18.7 Å². The van der Waals surface area contributed by atoms with Crippen molar-refractivity contribution in [3.8, 4) is 5.75 Å². The summed E-state index contributed by atoms with van der Waals surface area (Å²) in [5.41, 5.74) is 2.53. The van der Waals surface area contributed by atoms with E-state index in [0.29, 0.717) is 6.04 Å². The molecule has 2 atom stereocenters. The van der Waals surface area contributed by atoms with E-state index < -0.39 is 0 Å². The Kier molecular flexibility index (Phi) is 4.07. The van der Waals surface area contributed by atoms with Crippen molar-refractivity contribution in [1.82, 2.24) is 5.32 Å². The van der Waals surface area contributed by atoms with Gasteiger partial charge >= 0.3 is 0 Å². The Labute approximate surface area is 119 Å². The van der Waals surface area contributed by atoms with Crippen molar-refractivity contribution in [2.75, 3.05) is 6.54 Å². The summed E-state index contributed by atoms with van der Waals surface area (Å²) in [5.74, 6) is 1.04. The van der Waals surface area contributed by atoms with Crippen LogP contribution in [0.4, 0.5) is 0 Å². The monoisotopic (exact) mass is 271 g/mol. The maximum absolute atomic E-state index is 6.12. The van der Waals surface area contributed by atoms with E-state index in [4.69, 9.17) is 9.15 Å². The molecule has 1 aromatic carbocycles.